The summed E-state index contributed by atoms with van der Waals surface area (Å²) in [5.74, 6) is 0. The van der Waals surface area contributed by atoms with Crippen molar-refractivity contribution in [3.05, 3.63) is 0 Å². The molecule has 0 spiro atoms. The molecule has 0 aromatic heterocycles. The molecule has 0 aliphatic carbocycles. The van der Waals surface area contributed by atoms with E-state index in [2.05, 4.69) is 10.2 Å². The Morgan fingerprint density at radius 2 is 2.00 bits per heavy atom. The molecule has 0 amide bonds. The third-order valence-corrected chi connectivity index (χ3v) is 0. The van der Waals surface area contributed by atoms with Crippen molar-refractivity contribution in [3.8, 4) is 0 Å². The molecule has 0 aromatic rings. The lowest BCUT2D eigenvalue weighted by molar-refractivity contribution is 1.03. The molecule has 0 heterocycles. The highest BCUT2D eigenvalue weighted by molar-refractivity contribution is 6.11. The maximum Gasteiger partial charge on any atom is 0.0469 e. The molecule has 2 heteroatoms. The van der Waals surface area contributed by atoms with Crippen molar-refractivity contribution in [2.24, 2.45) is 5.73 Å². The second-order valence-corrected chi connectivity index (χ2v) is 1.70. The predicted molar refractivity (Wildman–Crippen MR) is 19.4 cm³/mol. The summed E-state index contributed by atoms with van der Waals surface area (Å²) in [5, 5.41) is 0. The molecule has 23 valence electrons. The van der Waals surface area contributed by atoms with E-state index in [1.807, 2.05) is 6.92 Å². The van der Waals surface area contributed by atoms with E-state index >= 15 is 0 Å². The second-order valence-electron chi connectivity index (χ2n) is 0.789. The maximum atomic E-state index is 5.02. The fourth-order valence-corrected chi connectivity index (χ4v) is 0. The molecular weight excluding hydrogens is 66.1 g/mol. The van der Waals surface area contributed by atoms with Crippen LogP contribution in [0, 0.1) is 0 Å². The number of rotatable bonds is 0. The topological polar surface area (TPSA) is 26.0 Å². The largest absolute Gasteiger partial charge is 0.331 e. The van der Waals surface area contributed by atoms with Crippen LogP contribution in [0.1, 0.15) is 6.92 Å². The Kier molecular flexibility index (Phi) is 1.56. The van der Waals surface area contributed by atoms with Gasteiger partial charge >= 0.3 is 0 Å². The molecule has 0 aromatic carbocycles. The summed E-state index contributed by atoms with van der Waals surface area (Å²) in [7, 11) is 3.09. The Hall–Kier alpha value is 0.177. The summed E-state index contributed by atoms with van der Waals surface area (Å²) < 4.78 is 0. The lowest BCUT2D eigenvalue weighted by Crippen LogP contribution is -2.12. The fourth-order valence-electron chi connectivity index (χ4n) is 0. The van der Waals surface area contributed by atoms with Crippen LogP contribution in [0.2, 0.25) is 0 Å². The van der Waals surface area contributed by atoms with Crippen molar-refractivity contribution >= 4 is 10.2 Å². The van der Waals surface area contributed by atoms with Gasteiger partial charge in [0.15, 0.2) is 0 Å². The molecule has 0 fully saturated rings. The van der Waals surface area contributed by atoms with E-state index in [-0.39, 0.29) is 5.67 Å². The van der Waals surface area contributed by atoms with Crippen LogP contribution >= 0.6 is 0 Å². The Morgan fingerprint density at radius 3 is 2.00 bits per heavy atom. The van der Waals surface area contributed by atoms with Crippen LogP contribution in [0.4, 0.5) is 0 Å². The summed E-state index contributed by atoms with van der Waals surface area (Å²) in [6.07, 6.45) is 0. The van der Waals surface area contributed by atoms with Gasteiger partial charge in [0.1, 0.15) is 0 Å². The first-order valence-corrected chi connectivity index (χ1v) is 1.78. The molecule has 0 saturated heterocycles. The first-order chi connectivity index (χ1) is 1.73. The summed E-state index contributed by atoms with van der Waals surface area (Å²) >= 11 is 0. The van der Waals surface area contributed by atoms with Crippen LogP contribution in [0.5, 0.6) is 0 Å². The minimum absolute atomic E-state index is 0.139. The molecule has 0 bridgehead atoms. The maximum absolute atomic E-state index is 5.02. The third kappa shape index (κ3) is 96.4. The van der Waals surface area contributed by atoms with Gasteiger partial charge in [-0.1, -0.05) is 6.92 Å². The average Bonchev–Trinajstić information content (AvgIpc) is 0.811. The van der Waals surface area contributed by atoms with Gasteiger partial charge in [-0.15, -0.1) is 0 Å². The van der Waals surface area contributed by atoms with Crippen molar-refractivity contribution in [2.75, 3.05) is 0 Å². The Bertz CT molecular complexity index is 10.8. The first kappa shape index (κ1) is 4.18. The minimum Gasteiger partial charge on any atom is -0.331 e. The van der Waals surface area contributed by atoms with Crippen LogP contribution < -0.4 is 5.73 Å². The molecule has 1 nitrogen and oxygen atoms in total. The summed E-state index contributed by atoms with van der Waals surface area (Å²) in [6.45, 7) is 1.86. The monoisotopic (exact) mass is 72.0 g/mol. The highest BCUT2D eigenvalue weighted by Gasteiger charge is 1.68. The van der Waals surface area contributed by atoms with Crippen molar-refractivity contribution in [1.82, 2.24) is 0 Å². The standard InChI is InChI=1S/C2H6NSi/c1-2(3)4/h2H,3H2,1H3. The molecule has 4 heavy (non-hydrogen) atoms. The van der Waals surface area contributed by atoms with Crippen LogP contribution in [0.25, 0.3) is 0 Å². The number of hydrogen-bond donors (Lipinski definition) is 1. The molecule has 3 radical (unpaired) electrons. The smallest absolute Gasteiger partial charge is 0.0469 e. The lowest BCUT2D eigenvalue weighted by Gasteiger charge is -1.80. The van der Waals surface area contributed by atoms with E-state index in [1.165, 1.54) is 0 Å². The highest BCUT2D eigenvalue weighted by atomic mass is 28.1. The van der Waals surface area contributed by atoms with Gasteiger partial charge in [0.2, 0.25) is 0 Å². The molecule has 2 N–H and O–H groups in total. The van der Waals surface area contributed by atoms with Crippen LogP contribution in [0.3, 0.4) is 0 Å². The zero-order valence-electron chi connectivity index (χ0n) is 2.65. The number of nitrogens with two attached hydrogens (primary N) is 1. The van der Waals surface area contributed by atoms with E-state index < -0.39 is 0 Å². The van der Waals surface area contributed by atoms with Gasteiger partial charge in [-0.25, -0.2) is 0 Å². The van der Waals surface area contributed by atoms with E-state index in [0.29, 0.717) is 0 Å². The van der Waals surface area contributed by atoms with Crippen molar-refractivity contribution in [3.63, 3.8) is 0 Å². The molecular formula is C2H6NSi. The van der Waals surface area contributed by atoms with E-state index in [9.17, 15) is 0 Å². The fraction of sp³-hybridized carbons (Fsp3) is 1.00. The SMILES string of the molecule is CC(N)[Si]. The van der Waals surface area contributed by atoms with Gasteiger partial charge in [-0.2, -0.15) is 0 Å². The lowest BCUT2D eigenvalue weighted by atomic mass is 10.8. The van der Waals surface area contributed by atoms with Crippen LogP contribution in [-0.4, -0.2) is 15.9 Å². The highest BCUT2D eigenvalue weighted by Crippen LogP contribution is 1.48. The molecule has 0 saturated carbocycles. The molecule has 1 unspecified atom stereocenters. The Morgan fingerprint density at radius 1 is 2.00 bits per heavy atom. The molecule has 0 aliphatic heterocycles. The summed E-state index contributed by atoms with van der Waals surface area (Å²) in [6, 6.07) is 0. The molecule has 1 atom stereocenters. The average molecular weight is 72.2 g/mol. The van der Waals surface area contributed by atoms with Gasteiger partial charge in [-0.05, 0) is 5.67 Å². The first-order valence-electron chi connectivity index (χ1n) is 1.20. The minimum atomic E-state index is 0.139. The van der Waals surface area contributed by atoms with Crippen LogP contribution in [0.15, 0.2) is 0 Å². The Labute approximate surface area is 29.6 Å². The second kappa shape index (κ2) is 1.49. The van der Waals surface area contributed by atoms with Gasteiger partial charge in [0.05, 0.1) is 0 Å². The zero-order valence-corrected chi connectivity index (χ0v) is 3.65. The summed E-state index contributed by atoms with van der Waals surface area (Å²) in [4.78, 5) is 0. The van der Waals surface area contributed by atoms with E-state index in [4.69, 9.17) is 5.73 Å². The third-order valence-electron chi connectivity index (χ3n) is 0. The number of hydrogen-bond acceptors (Lipinski definition) is 1. The van der Waals surface area contributed by atoms with E-state index in [1.54, 1.807) is 0 Å². The van der Waals surface area contributed by atoms with Gasteiger partial charge in [0.25, 0.3) is 0 Å². The normalized spacial score (nSPS) is 15.8. The summed E-state index contributed by atoms with van der Waals surface area (Å²) in [5.41, 5.74) is 5.16. The quantitative estimate of drug-likeness (QED) is 0.382. The van der Waals surface area contributed by atoms with Crippen molar-refractivity contribution in [2.45, 2.75) is 12.6 Å². The predicted octanol–water partition coefficient (Wildman–Crippen LogP) is -0.540. The van der Waals surface area contributed by atoms with E-state index in [0.717, 1.165) is 0 Å². The van der Waals surface area contributed by atoms with Gasteiger partial charge in [0, 0.05) is 10.2 Å². The van der Waals surface area contributed by atoms with Crippen molar-refractivity contribution in [1.29, 1.82) is 0 Å². The van der Waals surface area contributed by atoms with Crippen LogP contribution in [-0.2, 0) is 0 Å². The zero-order chi connectivity index (χ0) is 3.58. The Balaban J connectivity index is 2.32. The molecule has 0 rings (SSSR count). The van der Waals surface area contributed by atoms with Crippen molar-refractivity contribution < 1.29 is 0 Å². The van der Waals surface area contributed by atoms with Gasteiger partial charge < -0.3 is 5.73 Å². The van der Waals surface area contributed by atoms with Gasteiger partial charge in [-0.3, -0.25) is 0 Å². The molecule has 0 aliphatic rings.